The summed E-state index contributed by atoms with van der Waals surface area (Å²) in [4.78, 5) is 16.0. The van der Waals surface area contributed by atoms with E-state index >= 15 is 0 Å². The summed E-state index contributed by atoms with van der Waals surface area (Å²) >= 11 is 0. The molecule has 1 aromatic carbocycles. The first kappa shape index (κ1) is 15.0. The summed E-state index contributed by atoms with van der Waals surface area (Å²) in [5.41, 5.74) is 2.66. The fraction of sp³-hybridized carbons (Fsp3) is 0.682. The van der Waals surface area contributed by atoms with E-state index in [2.05, 4.69) is 36.1 Å². The third-order valence-corrected chi connectivity index (χ3v) is 7.47. The van der Waals surface area contributed by atoms with E-state index in [4.69, 9.17) is 0 Å². The lowest BCUT2D eigenvalue weighted by Crippen LogP contribution is -2.54. The minimum atomic E-state index is 0.0159. The molecule has 1 aromatic rings. The number of hydrogen-bond acceptors (Lipinski definition) is 1. The van der Waals surface area contributed by atoms with Gasteiger partial charge in [-0.1, -0.05) is 29.8 Å². The van der Waals surface area contributed by atoms with Crippen LogP contribution in [0.2, 0.25) is 0 Å². The second kappa shape index (κ2) is 5.34. The minimum absolute atomic E-state index is 0.0159. The maximum absolute atomic E-state index is 13.7. The first-order valence-electron chi connectivity index (χ1n) is 10.0. The fourth-order valence-corrected chi connectivity index (χ4v) is 6.82. The Morgan fingerprint density at radius 1 is 1.00 bits per heavy atom. The van der Waals surface area contributed by atoms with Gasteiger partial charge in [0.05, 0.1) is 11.5 Å². The summed E-state index contributed by atoms with van der Waals surface area (Å²) < 4.78 is 0. The lowest BCUT2D eigenvalue weighted by atomic mass is 9.49. The fourth-order valence-electron chi connectivity index (χ4n) is 6.82. The number of benzene rings is 1. The summed E-state index contributed by atoms with van der Waals surface area (Å²) in [6.07, 6.45) is 10.1. The van der Waals surface area contributed by atoms with Crippen LogP contribution in [0.4, 0.5) is 0 Å². The highest BCUT2D eigenvalue weighted by atomic mass is 16.2. The van der Waals surface area contributed by atoms with E-state index in [9.17, 15) is 4.79 Å². The monoisotopic (exact) mass is 323 g/mol. The lowest BCUT2D eigenvalue weighted by molar-refractivity contribution is -0.158. The van der Waals surface area contributed by atoms with Gasteiger partial charge in [-0.05, 0) is 81.6 Å². The molecule has 1 atom stereocenters. The zero-order chi connectivity index (χ0) is 16.3. The summed E-state index contributed by atoms with van der Waals surface area (Å²) in [6, 6.07) is 9.20. The third kappa shape index (κ3) is 2.25. The van der Waals surface area contributed by atoms with Crippen LogP contribution in [0.1, 0.15) is 68.5 Å². The molecule has 0 spiro atoms. The van der Waals surface area contributed by atoms with Gasteiger partial charge in [0.15, 0.2) is 0 Å². The number of carbonyl (C=O) groups excluding carboxylic acids is 1. The zero-order valence-corrected chi connectivity index (χ0v) is 14.8. The maximum atomic E-state index is 13.7. The predicted octanol–water partition coefficient (Wildman–Crippen LogP) is 4.87. The molecule has 5 aliphatic rings. The molecule has 0 radical (unpaired) electrons. The molecular formula is C22H29NO. The summed E-state index contributed by atoms with van der Waals surface area (Å²) in [5.74, 6) is 3.06. The molecular weight excluding hydrogens is 294 g/mol. The molecule has 24 heavy (non-hydrogen) atoms. The molecule has 1 saturated heterocycles. The van der Waals surface area contributed by atoms with E-state index in [0.717, 1.165) is 37.1 Å². The van der Waals surface area contributed by atoms with Crippen molar-refractivity contribution < 1.29 is 4.79 Å². The van der Waals surface area contributed by atoms with Gasteiger partial charge in [0.25, 0.3) is 0 Å². The van der Waals surface area contributed by atoms with Gasteiger partial charge >= 0.3 is 0 Å². The lowest BCUT2D eigenvalue weighted by Gasteiger charge is -2.56. The van der Waals surface area contributed by atoms with Gasteiger partial charge < -0.3 is 4.90 Å². The molecule has 2 heteroatoms. The van der Waals surface area contributed by atoms with E-state index in [1.807, 2.05) is 0 Å². The van der Waals surface area contributed by atoms with Crippen molar-refractivity contribution in [3.8, 4) is 0 Å². The van der Waals surface area contributed by atoms with Crippen LogP contribution in [0.25, 0.3) is 0 Å². The van der Waals surface area contributed by atoms with Crippen LogP contribution in [-0.2, 0) is 4.79 Å². The van der Waals surface area contributed by atoms with Crippen molar-refractivity contribution >= 4 is 5.91 Å². The normalized spacial score (nSPS) is 40.3. The van der Waals surface area contributed by atoms with Crippen LogP contribution < -0.4 is 0 Å². The molecule has 6 rings (SSSR count). The van der Waals surface area contributed by atoms with Crippen molar-refractivity contribution in [2.45, 2.75) is 64.3 Å². The molecule has 0 N–H and O–H groups in total. The Morgan fingerprint density at radius 3 is 2.17 bits per heavy atom. The van der Waals surface area contributed by atoms with Crippen molar-refractivity contribution in [2.24, 2.45) is 23.2 Å². The second-order valence-electron chi connectivity index (χ2n) is 9.27. The highest BCUT2D eigenvalue weighted by molar-refractivity contribution is 5.84. The van der Waals surface area contributed by atoms with Crippen molar-refractivity contribution in [3.05, 3.63) is 35.4 Å². The van der Waals surface area contributed by atoms with Crippen molar-refractivity contribution in [1.82, 2.24) is 4.90 Å². The summed E-state index contributed by atoms with van der Waals surface area (Å²) in [7, 11) is 0. The highest BCUT2D eigenvalue weighted by Gasteiger charge is 2.56. The minimum Gasteiger partial charge on any atom is -0.335 e. The Balaban J connectivity index is 1.43. The highest BCUT2D eigenvalue weighted by Crippen LogP contribution is 2.61. The number of rotatable bonds is 2. The number of nitrogens with zero attached hydrogens (tertiary/aromatic N) is 1. The van der Waals surface area contributed by atoms with Crippen molar-refractivity contribution in [1.29, 1.82) is 0 Å². The second-order valence-corrected chi connectivity index (χ2v) is 9.27. The van der Waals surface area contributed by atoms with Crippen LogP contribution in [0.3, 0.4) is 0 Å². The smallest absolute Gasteiger partial charge is 0.229 e. The van der Waals surface area contributed by atoms with E-state index in [0.29, 0.717) is 11.9 Å². The molecule has 5 fully saturated rings. The van der Waals surface area contributed by atoms with Crippen LogP contribution >= 0.6 is 0 Å². The Morgan fingerprint density at radius 2 is 1.58 bits per heavy atom. The Labute approximate surface area is 145 Å². The van der Waals surface area contributed by atoms with Crippen LogP contribution in [0.5, 0.6) is 0 Å². The van der Waals surface area contributed by atoms with Gasteiger partial charge in [-0.15, -0.1) is 0 Å². The van der Waals surface area contributed by atoms with E-state index in [-0.39, 0.29) is 5.41 Å². The Bertz CT molecular complexity index is 611. The van der Waals surface area contributed by atoms with Crippen LogP contribution in [0.15, 0.2) is 24.3 Å². The third-order valence-electron chi connectivity index (χ3n) is 7.47. The quantitative estimate of drug-likeness (QED) is 0.760. The number of likely N-dealkylation sites (tertiary alicyclic amines) is 1. The van der Waals surface area contributed by atoms with Crippen LogP contribution in [-0.4, -0.2) is 17.4 Å². The van der Waals surface area contributed by atoms with Crippen molar-refractivity contribution in [2.75, 3.05) is 6.54 Å². The average molecular weight is 323 g/mol. The molecule has 0 unspecified atom stereocenters. The van der Waals surface area contributed by atoms with Gasteiger partial charge in [0.2, 0.25) is 5.91 Å². The number of hydrogen-bond donors (Lipinski definition) is 0. The molecule has 1 aliphatic heterocycles. The summed E-state index contributed by atoms with van der Waals surface area (Å²) in [5, 5.41) is 0. The SMILES string of the molecule is Cc1ccc([C@@H]2CCCN2C(=O)C23CC4CC(CC(C4)C2)C3)cc1. The molecule has 1 heterocycles. The predicted molar refractivity (Wildman–Crippen MR) is 95.5 cm³/mol. The van der Waals surface area contributed by atoms with Gasteiger partial charge in [-0.3, -0.25) is 4.79 Å². The average Bonchev–Trinajstić information content (AvgIpc) is 3.03. The maximum Gasteiger partial charge on any atom is 0.229 e. The number of amides is 1. The van der Waals surface area contributed by atoms with E-state index < -0.39 is 0 Å². The van der Waals surface area contributed by atoms with Gasteiger partial charge in [-0.2, -0.15) is 0 Å². The Hall–Kier alpha value is -1.31. The van der Waals surface area contributed by atoms with Crippen molar-refractivity contribution in [3.63, 3.8) is 0 Å². The van der Waals surface area contributed by atoms with Gasteiger partial charge in [0.1, 0.15) is 0 Å². The van der Waals surface area contributed by atoms with Gasteiger partial charge in [-0.25, -0.2) is 0 Å². The van der Waals surface area contributed by atoms with E-state index in [1.165, 1.54) is 49.7 Å². The first-order valence-corrected chi connectivity index (χ1v) is 10.0. The molecule has 4 aliphatic carbocycles. The standard InChI is InChI=1S/C22H29NO/c1-15-4-6-19(7-5-15)20-3-2-8-23(20)21(24)22-12-16-9-17(13-22)11-18(10-16)14-22/h4-7,16-18,20H,2-3,8-14H2,1H3/t16?,17?,18?,20-,22?/m0/s1. The zero-order valence-electron chi connectivity index (χ0n) is 14.8. The molecule has 128 valence electrons. The number of aryl methyl sites for hydroxylation is 1. The molecule has 0 aromatic heterocycles. The van der Waals surface area contributed by atoms with Crippen LogP contribution in [0, 0.1) is 30.1 Å². The molecule has 1 amide bonds. The summed E-state index contributed by atoms with van der Waals surface area (Å²) in [6.45, 7) is 3.11. The first-order chi connectivity index (χ1) is 11.6. The van der Waals surface area contributed by atoms with E-state index in [1.54, 1.807) is 0 Å². The molecule has 4 bridgehead atoms. The molecule has 4 saturated carbocycles. The largest absolute Gasteiger partial charge is 0.335 e. The Kier molecular flexibility index (Phi) is 3.34. The van der Waals surface area contributed by atoms with Gasteiger partial charge in [0, 0.05) is 6.54 Å². The number of carbonyl (C=O) groups is 1. The molecule has 2 nitrogen and oxygen atoms in total. The topological polar surface area (TPSA) is 20.3 Å².